The SMILES string of the molecule is CC[C@@H](C)N=C1NC(=O)[C@H](CC(=O)Nc2cc(C)ccc2C)S1. The number of nitrogens with zero attached hydrogens (tertiary/aromatic N) is 1. The lowest BCUT2D eigenvalue weighted by Gasteiger charge is -2.10. The first kappa shape index (κ1) is 17.5. The Morgan fingerprint density at radius 2 is 2.17 bits per heavy atom. The second-order valence-corrected chi connectivity index (χ2v) is 7.05. The van der Waals surface area contributed by atoms with E-state index in [1.54, 1.807) is 0 Å². The van der Waals surface area contributed by atoms with Crippen LogP contribution < -0.4 is 10.6 Å². The van der Waals surface area contributed by atoms with Crippen molar-refractivity contribution < 1.29 is 9.59 Å². The normalized spacial score (nSPS) is 20.4. The van der Waals surface area contributed by atoms with Crippen LogP contribution in [0.2, 0.25) is 0 Å². The summed E-state index contributed by atoms with van der Waals surface area (Å²) in [6.45, 7) is 7.97. The maximum atomic E-state index is 12.2. The number of amides is 2. The zero-order valence-electron chi connectivity index (χ0n) is 14.0. The molecule has 124 valence electrons. The van der Waals surface area contributed by atoms with E-state index in [1.807, 2.05) is 45.9 Å². The summed E-state index contributed by atoms with van der Waals surface area (Å²) in [6.07, 6.45) is 1.06. The van der Waals surface area contributed by atoms with Crippen molar-refractivity contribution in [2.45, 2.75) is 51.8 Å². The fourth-order valence-corrected chi connectivity index (χ4v) is 3.20. The highest BCUT2D eigenvalue weighted by atomic mass is 32.2. The van der Waals surface area contributed by atoms with E-state index in [2.05, 4.69) is 15.6 Å². The standard InChI is InChI=1S/C17H23N3O2S/c1-5-12(4)18-17-20-16(22)14(23-17)9-15(21)19-13-8-10(2)6-7-11(13)3/h6-8,12,14H,5,9H2,1-4H3,(H,19,21)(H,18,20,22)/t12-,14+/m1/s1. The summed E-state index contributed by atoms with van der Waals surface area (Å²) in [7, 11) is 0. The van der Waals surface area contributed by atoms with Gasteiger partial charge in [0, 0.05) is 18.2 Å². The van der Waals surface area contributed by atoms with Crippen molar-refractivity contribution in [3.05, 3.63) is 29.3 Å². The van der Waals surface area contributed by atoms with Crippen LogP contribution in [0.15, 0.2) is 23.2 Å². The van der Waals surface area contributed by atoms with Crippen LogP contribution in [0.1, 0.15) is 37.8 Å². The number of aliphatic imine (C=N–C) groups is 1. The summed E-state index contributed by atoms with van der Waals surface area (Å²) < 4.78 is 0. The van der Waals surface area contributed by atoms with E-state index >= 15 is 0 Å². The van der Waals surface area contributed by atoms with Gasteiger partial charge in [-0.1, -0.05) is 30.8 Å². The Hall–Kier alpha value is -1.82. The molecule has 2 N–H and O–H groups in total. The Bertz CT molecular complexity index is 643. The number of thioether (sulfide) groups is 1. The zero-order valence-corrected chi connectivity index (χ0v) is 14.8. The molecular formula is C17H23N3O2S. The van der Waals surface area contributed by atoms with Crippen molar-refractivity contribution in [2.75, 3.05) is 5.32 Å². The lowest BCUT2D eigenvalue weighted by atomic mass is 10.1. The lowest BCUT2D eigenvalue weighted by Crippen LogP contribution is -2.28. The van der Waals surface area contributed by atoms with Gasteiger partial charge in [0.05, 0.1) is 0 Å². The fraction of sp³-hybridized carbons (Fsp3) is 0.471. The maximum absolute atomic E-state index is 12.2. The minimum atomic E-state index is -0.414. The molecule has 1 saturated heterocycles. The number of hydrogen-bond acceptors (Lipinski definition) is 4. The van der Waals surface area contributed by atoms with Gasteiger partial charge in [0.2, 0.25) is 11.8 Å². The van der Waals surface area contributed by atoms with Crippen molar-refractivity contribution in [1.29, 1.82) is 0 Å². The predicted molar refractivity (Wildman–Crippen MR) is 95.9 cm³/mol. The number of anilines is 1. The van der Waals surface area contributed by atoms with E-state index in [0.717, 1.165) is 23.2 Å². The van der Waals surface area contributed by atoms with Gasteiger partial charge in [0.25, 0.3) is 0 Å². The van der Waals surface area contributed by atoms with E-state index in [0.29, 0.717) is 5.17 Å². The molecule has 0 radical (unpaired) electrons. The van der Waals surface area contributed by atoms with Gasteiger partial charge in [0.1, 0.15) is 5.25 Å². The first-order valence-corrected chi connectivity index (χ1v) is 8.69. The van der Waals surface area contributed by atoms with Crippen molar-refractivity contribution in [3.8, 4) is 0 Å². The number of amidine groups is 1. The zero-order chi connectivity index (χ0) is 17.0. The van der Waals surface area contributed by atoms with Gasteiger partial charge in [-0.15, -0.1) is 0 Å². The number of rotatable bonds is 5. The molecule has 1 aliphatic rings. The molecule has 6 heteroatoms. The number of carbonyl (C=O) groups is 2. The number of hydrogen-bond donors (Lipinski definition) is 2. The van der Waals surface area contributed by atoms with Crippen molar-refractivity contribution in [1.82, 2.24) is 5.32 Å². The topological polar surface area (TPSA) is 70.6 Å². The largest absolute Gasteiger partial charge is 0.326 e. The van der Waals surface area contributed by atoms with Gasteiger partial charge >= 0.3 is 0 Å². The van der Waals surface area contributed by atoms with Crippen molar-refractivity contribution in [3.63, 3.8) is 0 Å². The summed E-state index contributed by atoms with van der Waals surface area (Å²) in [5.41, 5.74) is 2.89. The summed E-state index contributed by atoms with van der Waals surface area (Å²) in [6, 6.07) is 6.08. The molecule has 0 aromatic heterocycles. The van der Waals surface area contributed by atoms with Crippen LogP contribution in [-0.2, 0) is 9.59 Å². The molecule has 1 fully saturated rings. The van der Waals surface area contributed by atoms with E-state index in [4.69, 9.17) is 0 Å². The Morgan fingerprint density at radius 3 is 2.87 bits per heavy atom. The highest BCUT2D eigenvalue weighted by Gasteiger charge is 2.32. The molecule has 1 aromatic rings. The summed E-state index contributed by atoms with van der Waals surface area (Å²) in [5, 5.41) is 5.85. The molecule has 0 spiro atoms. The van der Waals surface area contributed by atoms with Crippen LogP contribution >= 0.6 is 11.8 Å². The van der Waals surface area contributed by atoms with Gasteiger partial charge in [-0.05, 0) is 44.4 Å². The average molecular weight is 333 g/mol. The first-order valence-electron chi connectivity index (χ1n) is 7.81. The van der Waals surface area contributed by atoms with Gasteiger partial charge in [-0.3, -0.25) is 14.6 Å². The lowest BCUT2D eigenvalue weighted by molar-refractivity contribution is -0.122. The third kappa shape index (κ3) is 4.82. The third-order valence-corrected chi connectivity index (χ3v) is 4.84. The fourth-order valence-electron chi connectivity index (χ4n) is 2.13. The molecule has 1 aliphatic heterocycles. The number of benzene rings is 1. The summed E-state index contributed by atoms with van der Waals surface area (Å²) >= 11 is 1.34. The predicted octanol–water partition coefficient (Wildman–Crippen LogP) is 3.02. The quantitative estimate of drug-likeness (QED) is 0.870. The Balaban J connectivity index is 1.97. The Labute approximate surface area is 141 Å². The van der Waals surface area contributed by atoms with Crippen LogP contribution in [-0.4, -0.2) is 28.3 Å². The van der Waals surface area contributed by atoms with E-state index in [9.17, 15) is 9.59 Å². The molecular weight excluding hydrogens is 310 g/mol. The van der Waals surface area contributed by atoms with Gasteiger partial charge in [0.15, 0.2) is 5.17 Å². The minimum absolute atomic E-state index is 0.142. The molecule has 2 atom stereocenters. The highest BCUT2D eigenvalue weighted by Crippen LogP contribution is 2.24. The Morgan fingerprint density at radius 1 is 1.43 bits per heavy atom. The van der Waals surface area contributed by atoms with Gasteiger partial charge in [-0.2, -0.15) is 0 Å². The minimum Gasteiger partial charge on any atom is -0.326 e. The maximum Gasteiger partial charge on any atom is 0.240 e. The van der Waals surface area contributed by atoms with E-state index in [1.165, 1.54) is 11.8 Å². The summed E-state index contributed by atoms with van der Waals surface area (Å²) in [5.74, 6) is -0.302. The second kappa shape index (κ2) is 7.64. The van der Waals surface area contributed by atoms with Crippen LogP contribution in [0, 0.1) is 13.8 Å². The molecule has 23 heavy (non-hydrogen) atoms. The number of carbonyl (C=O) groups excluding carboxylic acids is 2. The molecule has 1 aromatic carbocycles. The van der Waals surface area contributed by atoms with Gasteiger partial charge < -0.3 is 10.6 Å². The summed E-state index contributed by atoms with van der Waals surface area (Å²) in [4.78, 5) is 28.6. The van der Waals surface area contributed by atoms with Crippen molar-refractivity contribution in [2.24, 2.45) is 4.99 Å². The smallest absolute Gasteiger partial charge is 0.240 e. The van der Waals surface area contributed by atoms with E-state index in [-0.39, 0.29) is 24.3 Å². The highest BCUT2D eigenvalue weighted by molar-refractivity contribution is 8.15. The second-order valence-electron chi connectivity index (χ2n) is 5.86. The monoisotopic (exact) mass is 333 g/mol. The molecule has 0 saturated carbocycles. The van der Waals surface area contributed by atoms with Crippen molar-refractivity contribution >= 4 is 34.4 Å². The molecule has 2 amide bonds. The molecule has 0 unspecified atom stereocenters. The number of nitrogens with one attached hydrogen (secondary N) is 2. The van der Waals surface area contributed by atoms with E-state index < -0.39 is 5.25 Å². The van der Waals surface area contributed by atoms with Crippen LogP contribution in [0.4, 0.5) is 5.69 Å². The molecule has 2 rings (SSSR count). The molecule has 0 aliphatic carbocycles. The van der Waals surface area contributed by atoms with Crippen LogP contribution in [0.5, 0.6) is 0 Å². The Kier molecular flexibility index (Phi) is 5.82. The third-order valence-electron chi connectivity index (χ3n) is 3.74. The average Bonchev–Trinajstić information content (AvgIpc) is 2.82. The molecule has 0 bridgehead atoms. The first-order chi connectivity index (χ1) is 10.9. The van der Waals surface area contributed by atoms with Crippen LogP contribution in [0.3, 0.4) is 0 Å². The number of aryl methyl sites for hydroxylation is 2. The van der Waals surface area contributed by atoms with Gasteiger partial charge in [-0.25, -0.2) is 0 Å². The van der Waals surface area contributed by atoms with Crippen LogP contribution in [0.25, 0.3) is 0 Å². The molecule has 5 nitrogen and oxygen atoms in total. The molecule has 1 heterocycles.